The molecular weight excluding hydrogens is 200 g/mol. The molecule has 0 bridgehead atoms. The molecule has 0 aromatic heterocycles. The molecule has 3 nitrogen and oxygen atoms in total. The monoisotopic (exact) mass is 226 g/mol. The first-order valence-electron chi connectivity index (χ1n) is 6.34. The summed E-state index contributed by atoms with van der Waals surface area (Å²) in [5, 5.41) is 3.08. The minimum Gasteiger partial charge on any atom is -0.341 e. The molecule has 0 radical (unpaired) electrons. The fraction of sp³-hybridized carbons (Fsp3) is 0.923. The molecule has 1 amide bonds. The van der Waals surface area contributed by atoms with E-state index in [4.69, 9.17) is 0 Å². The Labute approximate surface area is 99.6 Å². The predicted molar refractivity (Wildman–Crippen MR) is 67.3 cm³/mol. The molecule has 1 saturated carbocycles. The van der Waals surface area contributed by atoms with Crippen molar-refractivity contribution in [2.75, 3.05) is 14.1 Å². The van der Waals surface area contributed by atoms with E-state index in [1.807, 2.05) is 32.8 Å². The molecule has 0 aromatic rings. The highest BCUT2D eigenvalue weighted by Crippen LogP contribution is 2.27. The van der Waals surface area contributed by atoms with Crippen molar-refractivity contribution in [1.82, 2.24) is 10.2 Å². The van der Waals surface area contributed by atoms with Crippen LogP contribution in [0.2, 0.25) is 0 Å². The highest BCUT2D eigenvalue weighted by atomic mass is 16.2. The van der Waals surface area contributed by atoms with Crippen molar-refractivity contribution < 1.29 is 4.79 Å². The van der Waals surface area contributed by atoms with Gasteiger partial charge in [0.05, 0.1) is 5.54 Å². The Kier molecular flexibility index (Phi) is 4.36. The number of amides is 1. The third-order valence-corrected chi connectivity index (χ3v) is 4.01. The van der Waals surface area contributed by atoms with Crippen molar-refractivity contribution in [3.63, 3.8) is 0 Å². The molecule has 1 N–H and O–H groups in total. The van der Waals surface area contributed by atoms with E-state index in [0.29, 0.717) is 6.04 Å². The summed E-state index contributed by atoms with van der Waals surface area (Å²) in [6.45, 7) is 6.18. The standard InChI is InChI=1S/C13H26N2O/c1-10-6-8-11(9-7-10)15(5)12(16)13(2,3)14-4/h10-11,14H,6-9H2,1-5H3. The Morgan fingerprint density at radius 2 is 1.75 bits per heavy atom. The zero-order valence-corrected chi connectivity index (χ0v) is 11.3. The number of carbonyl (C=O) groups is 1. The molecule has 16 heavy (non-hydrogen) atoms. The smallest absolute Gasteiger partial charge is 0.242 e. The van der Waals surface area contributed by atoms with Gasteiger partial charge < -0.3 is 10.2 Å². The van der Waals surface area contributed by atoms with Gasteiger partial charge in [0, 0.05) is 13.1 Å². The molecule has 0 saturated heterocycles. The van der Waals surface area contributed by atoms with Crippen LogP contribution < -0.4 is 5.32 Å². The molecule has 1 fully saturated rings. The van der Waals surface area contributed by atoms with Gasteiger partial charge in [0.25, 0.3) is 0 Å². The summed E-state index contributed by atoms with van der Waals surface area (Å²) in [4.78, 5) is 14.2. The average molecular weight is 226 g/mol. The van der Waals surface area contributed by atoms with E-state index >= 15 is 0 Å². The largest absolute Gasteiger partial charge is 0.341 e. The van der Waals surface area contributed by atoms with Crippen molar-refractivity contribution >= 4 is 5.91 Å². The van der Waals surface area contributed by atoms with E-state index in [0.717, 1.165) is 18.8 Å². The van der Waals surface area contributed by atoms with Gasteiger partial charge in [-0.1, -0.05) is 6.92 Å². The number of nitrogens with one attached hydrogen (secondary N) is 1. The molecule has 1 aliphatic rings. The van der Waals surface area contributed by atoms with Gasteiger partial charge in [-0.25, -0.2) is 0 Å². The summed E-state index contributed by atoms with van der Waals surface area (Å²) in [6, 6.07) is 0.441. The van der Waals surface area contributed by atoms with Crippen LogP contribution in [0.15, 0.2) is 0 Å². The van der Waals surface area contributed by atoms with E-state index in [1.54, 1.807) is 0 Å². The van der Waals surface area contributed by atoms with Crippen LogP contribution in [-0.4, -0.2) is 36.5 Å². The van der Waals surface area contributed by atoms with Crippen molar-refractivity contribution in [3.8, 4) is 0 Å². The first-order valence-corrected chi connectivity index (χ1v) is 6.34. The van der Waals surface area contributed by atoms with Gasteiger partial charge in [-0.15, -0.1) is 0 Å². The molecule has 0 heterocycles. The van der Waals surface area contributed by atoms with Gasteiger partial charge in [-0.2, -0.15) is 0 Å². The van der Waals surface area contributed by atoms with Crippen molar-refractivity contribution in [3.05, 3.63) is 0 Å². The van der Waals surface area contributed by atoms with Crippen molar-refractivity contribution in [1.29, 1.82) is 0 Å². The lowest BCUT2D eigenvalue weighted by Crippen LogP contribution is -2.54. The second kappa shape index (κ2) is 5.17. The van der Waals surface area contributed by atoms with Gasteiger partial charge in [0.15, 0.2) is 0 Å². The summed E-state index contributed by atoms with van der Waals surface area (Å²) in [5.41, 5.74) is -0.447. The molecule has 1 aliphatic carbocycles. The van der Waals surface area contributed by atoms with Crippen LogP contribution in [0.5, 0.6) is 0 Å². The maximum Gasteiger partial charge on any atom is 0.242 e. The van der Waals surface area contributed by atoms with E-state index in [9.17, 15) is 4.79 Å². The summed E-state index contributed by atoms with van der Waals surface area (Å²) >= 11 is 0. The Hall–Kier alpha value is -0.570. The summed E-state index contributed by atoms with van der Waals surface area (Å²) in [7, 11) is 3.79. The van der Waals surface area contributed by atoms with Crippen LogP contribution in [0.4, 0.5) is 0 Å². The van der Waals surface area contributed by atoms with Crippen molar-refractivity contribution in [2.24, 2.45) is 5.92 Å². The van der Waals surface area contributed by atoms with Crippen LogP contribution >= 0.6 is 0 Å². The third kappa shape index (κ3) is 2.97. The van der Waals surface area contributed by atoms with E-state index in [2.05, 4.69) is 12.2 Å². The summed E-state index contributed by atoms with van der Waals surface area (Å²) in [5.74, 6) is 1.03. The van der Waals surface area contributed by atoms with Gasteiger partial charge >= 0.3 is 0 Å². The zero-order valence-electron chi connectivity index (χ0n) is 11.3. The molecule has 0 aliphatic heterocycles. The Morgan fingerprint density at radius 3 is 2.19 bits per heavy atom. The van der Waals surface area contributed by atoms with Crippen LogP contribution in [0, 0.1) is 5.92 Å². The van der Waals surface area contributed by atoms with Gasteiger partial charge in [0.2, 0.25) is 5.91 Å². The van der Waals surface area contributed by atoms with E-state index < -0.39 is 5.54 Å². The number of rotatable bonds is 3. The fourth-order valence-electron chi connectivity index (χ4n) is 2.34. The maximum atomic E-state index is 12.2. The quantitative estimate of drug-likeness (QED) is 0.798. The average Bonchev–Trinajstić information content (AvgIpc) is 2.28. The lowest BCUT2D eigenvalue weighted by atomic mass is 9.86. The van der Waals surface area contributed by atoms with Crippen LogP contribution in [0.25, 0.3) is 0 Å². The lowest BCUT2D eigenvalue weighted by molar-refractivity contribution is -0.138. The SMILES string of the molecule is CNC(C)(C)C(=O)N(C)C1CCC(C)CC1. The summed E-state index contributed by atoms with van der Waals surface area (Å²) in [6.07, 6.45) is 4.82. The molecule has 1 rings (SSSR count). The lowest BCUT2D eigenvalue weighted by Gasteiger charge is -2.37. The number of likely N-dealkylation sites (N-methyl/N-ethyl adjacent to an activating group) is 2. The van der Waals surface area contributed by atoms with E-state index in [1.165, 1.54) is 12.8 Å². The van der Waals surface area contributed by atoms with Crippen LogP contribution in [-0.2, 0) is 4.79 Å². The zero-order chi connectivity index (χ0) is 12.3. The number of hydrogen-bond donors (Lipinski definition) is 1. The molecule has 3 heteroatoms. The first kappa shape index (κ1) is 13.5. The molecule has 0 atom stereocenters. The Morgan fingerprint density at radius 1 is 1.25 bits per heavy atom. The topological polar surface area (TPSA) is 32.3 Å². The second-order valence-electron chi connectivity index (χ2n) is 5.70. The van der Waals surface area contributed by atoms with Crippen molar-refractivity contribution in [2.45, 2.75) is 58.0 Å². The number of nitrogens with zero attached hydrogens (tertiary/aromatic N) is 1. The molecule has 0 aromatic carbocycles. The Balaban J connectivity index is 2.57. The van der Waals surface area contributed by atoms with Gasteiger partial charge in [0.1, 0.15) is 0 Å². The third-order valence-electron chi connectivity index (χ3n) is 4.01. The normalized spacial score (nSPS) is 26.6. The summed E-state index contributed by atoms with van der Waals surface area (Å²) < 4.78 is 0. The minimum absolute atomic E-state index is 0.203. The molecule has 0 unspecified atom stereocenters. The fourth-order valence-corrected chi connectivity index (χ4v) is 2.34. The maximum absolute atomic E-state index is 12.2. The van der Waals surface area contributed by atoms with Gasteiger partial charge in [-0.3, -0.25) is 4.79 Å². The Bertz CT molecular complexity index is 242. The second-order valence-corrected chi connectivity index (χ2v) is 5.70. The van der Waals surface area contributed by atoms with Crippen LogP contribution in [0.3, 0.4) is 0 Å². The number of carbonyl (C=O) groups excluding carboxylic acids is 1. The van der Waals surface area contributed by atoms with Crippen LogP contribution in [0.1, 0.15) is 46.5 Å². The highest BCUT2D eigenvalue weighted by molar-refractivity contribution is 5.85. The molecular formula is C13H26N2O. The predicted octanol–water partition coefficient (Wildman–Crippen LogP) is 2.02. The first-order chi connectivity index (χ1) is 7.38. The molecule has 94 valence electrons. The van der Waals surface area contributed by atoms with Gasteiger partial charge in [-0.05, 0) is 52.5 Å². The number of hydrogen-bond acceptors (Lipinski definition) is 2. The molecule has 0 spiro atoms. The van der Waals surface area contributed by atoms with E-state index in [-0.39, 0.29) is 5.91 Å². The highest BCUT2D eigenvalue weighted by Gasteiger charge is 2.33. The minimum atomic E-state index is -0.447.